The highest BCUT2D eigenvalue weighted by molar-refractivity contribution is 5.92. The van der Waals surface area contributed by atoms with E-state index in [0.717, 1.165) is 12.1 Å². The fourth-order valence-electron chi connectivity index (χ4n) is 1.84. The summed E-state index contributed by atoms with van der Waals surface area (Å²) in [4.78, 5) is 22.8. The monoisotopic (exact) mass is 330 g/mol. The van der Waals surface area contributed by atoms with Crippen LogP contribution in [0.15, 0.2) is 30.3 Å². The molecule has 4 nitrogen and oxygen atoms in total. The number of esters is 2. The molecule has 0 fully saturated rings. The predicted molar refractivity (Wildman–Crippen MR) is 77.3 cm³/mol. The number of carbonyl (C=O) groups is 2. The Hall–Kier alpha value is -2.31. The number of carbonyl (C=O) groups excluding carboxylic acids is 2. The Kier molecular flexibility index (Phi) is 6.81. The first kappa shape index (κ1) is 18.7. The van der Waals surface area contributed by atoms with Crippen LogP contribution in [0.25, 0.3) is 5.57 Å². The molecule has 1 aromatic rings. The number of halogens is 3. The third-order valence-corrected chi connectivity index (χ3v) is 2.99. The summed E-state index contributed by atoms with van der Waals surface area (Å²) in [6.07, 6.45) is -3.11. The lowest BCUT2D eigenvalue weighted by molar-refractivity contribution is -0.140. The van der Waals surface area contributed by atoms with E-state index in [1.165, 1.54) is 25.3 Å². The van der Waals surface area contributed by atoms with Crippen LogP contribution < -0.4 is 0 Å². The summed E-state index contributed by atoms with van der Waals surface area (Å²) < 4.78 is 47.1. The molecule has 0 unspecified atom stereocenters. The number of benzene rings is 1. The Bertz CT molecular complexity index is 574. The largest absolute Gasteiger partial charge is 0.469 e. The normalized spacial score (nSPS) is 12.0. The van der Waals surface area contributed by atoms with Crippen molar-refractivity contribution in [3.05, 3.63) is 41.5 Å². The average molecular weight is 330 g/mol. The summed E-state index contributed by atoms with van der Waals surface area (Å²) in [5.41, 5.74) is 0.0298. The molecule has 0 aliphatic carbocycles. The summed E-state index contributed by atoms with van der Waals surface area (Å²) >= 11 is 0. The second kappa shape index (κ2) is 8.36. The molecular weight excluding hydrogens is 313 g/mol. The summed E-state index contributed by atoms with van der Waals surface area (Å²) in [5.74, 6) is -1.10. The molecule has 0 aromatic heterocycles. The molecule has 23 heavy (non-hydrogen) atoms. The number of alkyl halides is 3. The van der Waals surface area contributed by atoms with Crippen molar-refractivity contribution in [3.8, 4) is 0 Å². The minimum absolute atomic E-state index is 0.00274. The third-order valence-electron chi connectivity index (χ3n) is 2.99. The maximum atomic E-state index is 12.6. The molecule has 0 heterocycles. The number of allylic oxidation sites excluding steroid dienone is 1. The second-order valence-electron chi connectivity index (χ2n) is 4.57. The Morgan fingerprint density at radius 1 is 1.13 bits per heavy atom. The van der Waals surface area contributed by atoms with Gasteiger partial charge in [-0.15, -0.1) is 0 Å². The molecule has 0 bridgehead atoms. The van der Waals surface area contributed by atoms with Crippen LogP contribution in [-0.2, 0) is 25.2 Å². The molecule has 0 saturated heterocycles. The van der Waals surface area contributed by atoms with Gasteiger partial charge in [-0.2, -0.15) is 13.2 Å². The lowest BCUT2D eigenvalue weighted by atomic mass is 9.99. The molecular formula is C16H17F3O4. The Morgan fingerprint density at radius 3 is 2.22 bits per heavy atom. The van der Waals surface area contributed by atoms with E-state index >= 15 is 0 Å². The van der Waals surface area contributed by atoms with Crippen LogP contribution in [0.5, 0.6) is 0 Å². The van der Waals surface area contributed by atoms with Crippen molar-refractivity contribution in [2.24, 2.45) is 0 Å². The highest BCUT2D eigenvalue weighted by atomic mass is 19.4. The van der Waals surface area contributed by atoms with E-state index in [4.69, 9.17) is 4.74 Å². The standard InChI is InChI=1S/C16H17F3O4/c1-3-23-15(21)10-12(6-9-14(20)22-2)11-4-7-13(8-5-11)16(17,18)19/h4-5,7-8,10H,3,6,9H2,1-2H3/b12-10+. The summed E-state index contributed by atoms with van der Waals surface area (Å²) in [6, 6.07) is 4.36. The number of methoxy groups -OCH3 is 1. The van der Waals surface area contributed by atoms with E-state index in [9.17, 15) is 22.8 Å². The molecule has 0 aliphatic heterocycles. The van der Waals surface area contributed by atoms with E-state index < -0.39 is 23.7 Å². The summed E-state index contributed by atoms with van der Waals surface area (Å²) in [6.45, 7) is 1.81. The van der Waals surface area contributed by atoms with Crippen molar-refractivity contribution in [1.82, 2.24) is 0 Å². The molecule has 0 amide bonds. The van der Waals surface area contributed by atoms with Gasteiger partial charge in [0.15, 0.2) is 0 Å². The maximum Gasteiger partial charge on any atom is 0.416 e. The van der Waals surface area contributed by atoms with E-state index in [1.807, 2.05) is 0 Å². The molecule has 0 aliphatic rings. The summed E-state index contributed by atoms with van der Waals surface area (Å²) in [5, 5.41) is 0. The fraction of sp³-hybridized carbons (Fsp3) is 0.375. The van der Waals surface area contributed by atoms with Gasteiger partial charge in [-0.25, -0.2) is 4.79 Å². The fourth-order valence-corrected chi connectivity index (χ4v) is 1.84. The lowest BCUT2D eigenvalue weighted by Crippen LogP contribution is -2.06. The van der Waals surface area contributed by atoms with Crippen LogP contribution in [-0.4, -0.2) is 25.7 Å². The van der Waals surface area contributed by atoms with Gasteiger partial charge < -0.3 is 9.47 Å². The number of hydrogen-bond donors (Lipinski definition) is 0. The van der Waals surface area contributed by atoms with Gasteiger partial charge in [-0.05, 0) is 36.6 Å². The first-order valence-electron chi connectivity index (χ1n) is 6.89. The molecule has 7 heteroatoms. The predicted octanol–water partition coefficient (Wildman–Crippen LogP) is 3.61. The van der Waals surface area contributed by atoms with Crippen molar-refractivity contribution in [3.63, 3.8) is 0 Å². The number of ether oxygens (including phenoxy) is 2. The first-order valence-corrected chi connectivity index (χ1v) is 6.89. The molecule has 1 aromatic carbocycles. The van der Waals surface area contributed by atoms with Gasteiger partial charge in [-0.1, -0.05) is 12.1 Å². The highest BCUT2D eigenvalue weighted by Gasteiger charge is 2.30. The zero-order valence-corrected chi connectivity index (χ0v) is 12.8. The highest BCUT2D eigenvalue weighted by Crippen LogP contribution is 2.30. The van der Waals surface area contributed by atoms with Crippen LogP contribution in [0.2, 0.25) is 0 Å². The van der Waals surface area contributed by atoms with Gasteiger partial charge in [-0.3, -0.25) is 4.79 Å². The minimum Gasteiger partial charge on any atom is -0.469 e. The quantitative estimate of drug-likeness (QED) is 0.591. The van der Waals surface area contributed by atoms with Gasteiger partial charge in [0.1, 0.15) is 0 Å². The maximum absolute atomic E-state index is 12.6. The van der Waals surface area contributed by atoms with E-state index in [2.05, 4.69) is 4.74 Å². The van der Waals surface area contributed by atoms with Crippen molar-refractivity contribution in [2.45, 2.75) is 25.9 Å². The lowest BCUT2D eigenvalue weighted by Gasteiger charge is -2.10. The van der Waals surface area contributed by atoms with Crippen molar-refractivity contribution >= 4 is 17.5 Å². The van der Waals surface area contributed by atoms with Gasteiger partial charge in [0.2, 0.25) is 0 Å². The second-order valence-corrected chi connectivity index (χ2v) is 4.57. The molecule has 0 saturated carbocycles. The van der Waals surface area contributed by atoms with Gasteiger partial charge in [0, 0.05) is 12.5 Å². The van der Waals surface area contributed by atoms with Crippen molar-refractivity contribution in [1.29, 1.82) is 0 Å². The van der Waals surface area contributed by atoms with Crippen LogP contribution in [0.4, 0.5) is 13.2 Å². The Morgan fingerprint density at radius 2 is 1.74 bits per heavy atom. The Labute approximate surface area is 131 Å². The smallest absolute Gasteiger partial charge is 0.416 e. The van der Waals surface area contributed by atoms with Gasteiger partial charge >= 0.3 is 18.1 Å². The van der Waals surface area contributed by atoms with Crippen molar-refractivity contribution in [2.75, 3.05) is 13.7 Å². The molecule has 1 rings (SSSR count). The summed E-state index contributed by atoms with van der Waals surface area (Å²) in [7, 11) is 1.23. The van der Waals surface area contributed by atoms with Crippen LogP contribution in [0.1, 0.15) is 30.9 Å². The van der Waals surface area contributed by atoms with E-state index in [0.29, 0.717) is 11.1 Å². The SMILES string of the molecule is CCOC(=O)/C=C(\CCC(=O)OC)c1ccc(C(F)(F)F)cc1. The van der Waals surface area contributed by atoms with Crippen molar-refractivity contribution < 1.29 is 32.2 Å². The third kappa shape index (κ3) is 6.14. The van der Waals surface area contributed by atoms with Crippen LogP contribution in [0.3, 0.4) is 0 Å². The molecule has 0 radical (unpaired) electrons. The molecule has 0 atom stereocenters. The molecule has 0 N–H and O–H groups in total. The van der Waals surface area contributed by atoms with Crippen LogP contribution in [0, 0.1) is 0 Å². The number of hydrogen-bond acceptors (Lipinski definition) is 4. The van der Waals surface area contributed by atoms with E-state index in [1.54, 1.807) is 6.92 Å². The minimum atomic E-state index is -4.43. The Balaban J connectivity index is 3.03. The van der Waals surface area contributed by atoms with Gasteiger partial charge in [0.05, 0.1) is 19.3 Å². The number of rotatable bonds is 6. The molecule has 126 valence electrons. The zero-order chi connectivity index (χ0) is 17.5. The average Bonchev–Trinajstić information content (AvgIpc) is 2.50. The zero-order valence-electron chi connectivity index (χ0n) is 12.8. The van der Waals surface area contributed by atoms with Gasteiger partial charge in [0.25, 0.3) is 0 Å². The topological polar surface area (TPSA) is 52.6 Å². The molecule has 0 spiro atoms. The van der Waals surface area contributed by atoms with E-state index in [-0.39, 0.29) is 19.4 Å². The van der Waals surface area contributed by atoms with Crippen LogP contribution >= 0.6 is 0 Å². The first-order chi connectivity index (χ1) is 10.8.